The lowest BCUT2D eigenvalue weighted by Gasteiger charge is -2.11. The molecule has 0 saturated heterocycles. The predicted octanol–water partition coefficient (Wildman–Crippen LogP) is 3.12. The van der Waals surface area contributed by atoms with Gasteiger partial charge in [-0.3, -0.25) is 0 Å². The maximum atomic E-state index is 11.3. The van der Waals surface area contributed by atoms with Gasteiger partial charge < -0.3 is 34.6 Å². The normalized spacial score (nSPS) is 9.92. The molecule has 3 aromatic rings. The fourth-order valence-corrected chi connectivity index (χ4v) is 3.09. The number of methoxy groups -OCH3 is 2. The third-order valence-electron chi connectivity index (χ3n) is 4.91. The molecule has 3 rings (SSSR count). The van der Waals surface area contributed by atoms with Crippen LogP contribution in [0.5, 0.6) is 11.5 Å². The molecular weight excluding hydrogens is 488 g/mol. The average molecular weight is 512 g/mol. The van der Waals surface area contributed by atoms with Gasteiger partial charge in [-0.05, 0) is 35.4 Å². The molecule has 0 atom stereocenters. The van der Waals surface area contributed by atoms with Gasteiger partial charge in [0.25, 0.3) is 0 Å². The van der Waals surface area contributed by atoms with Crippen LogP contribution in [0.4, 0.5) is 0 Å². The van der Waals surface area contributed by atoms with Crippen molar-refractivity contribution in [1.29, 1.82) is 0 Å². The van der Waals surface area contributed by atoms with E-state index in [0.717, 1.165) is 18.2 Å². The topological polar surface area (TPSA) is 177 Å². The summed E-state index contributed by atoms with van der Waals surface area (Å²) < 4.78 is 14.4. The van der Waals surface area contributed by atoms with Gasteiger partial charge in [0.1, 0.15) is 29.2 Å². The van der Waals surface area contributed by atoms with E-state index in [1.165, 1.54) is 43.5 Å². The lowest BCUT2D eigenvalue weighted by molar-refractivity contribution is 0.0552. The molecule has 0 fully saturated rings. The average Bonchev–Trinajstić information content (AvgIpc) is 2.91. The molecule has 0 aliphatic rings. The first kappa shape index (κ1) is 28.3. The molecule has 37 heavy (non-hydrogen) atoms. The Morgan fingerprint density at radius 2 is 1.27 bits per heavy atom. The lowest BCUT2D eigenvalue weighted by Crippen LogP contribution is -2.11. The summed E-state index contributed by atoms with van der Waals surface area (Å²) in [6.45, 7) is 0.0278. The number of aliphatic hydroxyl groups is 1. The van der Waals surface area contributed by atoms with Crippen molar-refractivity contribution in [2.75, 3.05) is 14.2 Å². The summed E-state index contributed by atoms with van der Waals surface area (Å²) >= 11 is 0. The Balaban J connectivity index is 0.000000281. The molecule has 0 unspecified atom stereocenters. The molecule has 0 heterocycles. The van der Waals surface area contributed by atoms with Gasteiger partial charge in [-0.15, -0.1) is 0 Å². The standard InChI is InChI=1S/C16H14O6.C10H10O5/c17-8-10-4-6-11(7-5-10)9-22-13-3-1-2-12(15(18)19)14(13)16(20)21;1-14-9(12)6-4-3-5-7(11)8(6)10(13)15-2/h1-7,17H,8-9H2,(H,18,19)(H,20,21);3-5,11H,1-2H3. The Morgan fingerprint density at radius 3 is 1.81 bits per heavy atom. The van der Waals surface area contributed by atoms with Gasteiger partial charge in [-0.25, -0.2) is 19.2 Å². The molecule has 0 aliphatic heterocycles. The van der Waals surface area contributed by atoms with E-state index in [1.54, 1.807) is 24.3 Å². The van der Waals surface area contributed by atoms with Crippen LogP contribution in [0.1, 0.15) is 52.6 Å². The maximum Gasteiger partial charge on any atom is 0.342 e. The molecule has 4 N–H and O–H groups in total. The molecule has 0 aromatic heterocycles. The molecule has 3 aromatic carbocycles. The summed E-state index contributed by atoms with van der Waals surface area (Å²) in [4.78, 5) is 44.9. The number of aromatic carboxylic acids is 2. The molecular formula is C26H24O11. The number of phenolic OH excluding ortho intramolecular Hbond substituents is 1. The zero-order valence-corrected chi connectivity index (χ0v) is 19.8. The first-order chi connectivity index (χ1) is 17.6. The summed E-state index contributed by atoms with van der Waals surface area (Å²) in [6.07, 6.45) is 0. The lowest BCUT2D eigenvalue weighted by atomic mass is 10.1. The van der Waals surface area contributed by atoms with Crippen molar-refractivity contribution in [2.24, 2.45) is 0 Å². The largest absolute Gasteiger partial charge is 0.507 e. The second-order valence-electron chi connectivity index (χ2n) is 7.24. The number of hydrogen-bond donors (Lipinski definition) is 4. The van der Waals surface area contributed by atoms with Crippen molar-refractivity contribution in [2.45, 2.75) is 13.2 Å². The number of carbonyl (C=O) groups excluding carboxylic acids is 2. The van der Waals surface area contributed by atoms with Crippen LogP contribution in [0.25, 0.3) is 0 Å². The van der Waals surface area contributed by atoms with Crippen molar-refractivity contribution in [1.82, 2.24) is 0 Å². The van der Waals surface area contributed by atoms with E-state index in [4.69, 9.17) is 14.9 Å². The zero-order chi connectivity index (χ0) is 27.5. The second-order valence-corrected chi connectivity index (χ2v) is 7.24. The van der Waals surface area contributed by atoms with Gasteiger partial charge in [0.15, 0.2) is 0 Å². The minimum absolute atomic E-state index is 0.00126. The highest BCUT2D eigenvalue weighted by Gasteiger charge is 2.22. The summed E-state index contributed by atoms with van der Waals surface area (Å²) in [7, 11) is 2.35. The van der Waals surface area contributed by atoms with Gasteiger partial charge in [-0.1, -0.05) is 36.4 Å². The van der Waals surface area contributed by atoms with Gasteiger partial charge in [-0.2, -0.15) is 0 Å². The smallest absolute Gasteiger partial charge is 0.342 e. The fraction of sp³-hybridized carbons (Fsp3) is 0.154. The van der Waals surface area contributed by atoms with E-state index in [-0.39, 0.29) is 47.0 Å². The number of ether oxygens (including phenoxy) is 3. The molecule has 0 spiro atoms. The number of phenols is 1. The first-order valence-electron chi connectivity index (χ1n) is 10.5. The van der Waals surface area contributed by atoms with Crippen molar-refractivity contribution in [3.63, 3.8) is 0 Å². The highest BCUT2D eigenvalue weighted by atomic mass is 16.5. The molecule has 11 heteroatoms. The summed E-state index contributed by atoms with van der Waals surface area (Å²) in [5.41, 5.74) is 0.621. The number of rotatable bonds is 8. The Morgan fingerprint density at radius 1 is 0.703 bits per heavy atom. The monoisotopic (exact) mass is 512 g/mol. The van der Waals surface area contributed by atoms with E-state index in [9.17, 15) is 29.4 Å². The molecule has 11 nitrogen and oxygen atoms in total. The van der Waals surface area contributed by atoms with Crippen molar-refractivity contribution in [3.8, 4) is 11.5 Å². The van der Waals surface area contributed by atoms with Gasteiger partial charge in [0.2, 0.25) is 0 Å². The van der Waals surface area contributed by atoms with Gasteiger partial charge >= 0.3 is 23.9 Å². The fourth-order valence-electron chi connectivity index (χ4n) is 3.09. The van der Waals surface area contributed by atoms with E-state index < -0.39 is 23.9 Å². The van der Waals surface area contributed by atoms with Crippen LogP contribution in [0, 0.1) is 0 Å². The molecule has 0 aliphatic carbocycles. The number of carbonyl (C=O) groups is 4. The number of aliphatic hydroxyl groups excluding tert-OH is 1. The quantitative estimate of drug-likeness (QED) is 0.326. The Labute approximate surface area is 211 Å². The van der Waals surface area contributed by atoms with Gasteiger partial charge in [0, 0.05) is 0 Å². The van der Waals surface area contributed by atoms with E-state index in [2.05, 4.69) is 9.47 Å². The Bertz CT molecular complexity index is 1280. The predicted molar refractivity (Wildman–Crippen MR) is 128 cm³/mol. The number of esters is 2. The first-order valence-corrected chi connectivity index (χ1v) is 10.5. The number of carboxylic acid groups (broad SMARTS) is 2. The van der Waals surface area contributed by atoms with Crippen molar-refractivity contribution < 1.29 is 53.8 Å². The highest BCUT2D eigenvalue weighted by Crippen LogP contribution is 2.24. The number of aromatic hydroxyl groups is 1. The molecule has 0 radical (unpaired) electrons. The molecule has 0 bridgehead atoms. The third-order valence-corrected chi connectivity index (χ3v) is 4.91. The van der Waals surface area contributed by atoms with Crippen LogP contribution in [-0.2, 0) is 22.7 Å². The Hall–Kier alpha value is -4.90. The van der Waals surface area contributed by atoms with Gasteiger partial charge in [0.05, 0.1) is 32.0 Å². The molecule has 194 valence electrons. The van der Waals surface area contributed by atoms with Crippen LogP contribution in [0.3, 0.4) is 0 Å². The summed E-state index contributed by atoms with van der Waals surface area (Å²) in [6, 6.07) is 15.1. The SMILES string of the molecule is COC(=O)c1cccc(O)c1C(=O)OC.O=C(O)c1cccc(OCc2ccc(CO)cc2)c1C(=O)O. The summed E-state index contributed by atoms with van der Waals surface area (Å²) in [5, 5.41) is 36.6. The van der Waals surface area contributed by atoms with Crippen molar-refractivity contribution in [3.05, 3.63) is 94.0 Å². The molecule has 0 amide bonds. The minimum atomic E-state index is -1.36. The zero-order valence-electron chi connectivity index (χ0n) is 19.8. The van der Waals surface area contributed by atoms with E-state index in [0.29, 0.717) is 0 Å². The van der Waals surface area contributed by atoms with Crippen LogP contribution in [0.2, 0.25) is 0 Å². The van der Waals surface area contributed by atoms with Crippen LogP contribution < -0.4 is 4.74 Å². The highest BCUT2D eigenvalue weighted by molar-refractivity contribution is 6.05. The minimum Gasteiger partial charge on any atom is -0.507 e. The Kier molecular flexibility index (Phi) is 10.2. The number of carboxylic acids is 2. The maximum absolute atomic E-state index is 11.3. The van der Waals surface area contributed by atoms with Crippen LogP contribution in [-0.4, -0.2) is 58.5 Å². The molecule has 0 saturated carbocycles. The van der Waals surface area contributed by atoms with Crippen LogP contribution >= 0.6 is 0 Å². The number of benzene rings is 3. The second kappa shape index (κ2) is 13.3. The third kappa shape index (κ3) is 7.29. The summed E-state index contributed by atoms with van der Waals surface area (Å²) in [5.74, 6) is -4.48. The van der Waals surface area contributed by atoms with E-state index >= 15 is 0 Å². The van der Waals surface area contributed by atoms with Crippen molar-refractivity contribution >= 4 is 23.9 Å². The van der Waals surface area contributed by atoms with Crippen LogP contribution in [0.15, 0.2) is 60.7 Å². The van der Waals surface area contributed by atoms with E-state index in [1.807, 2.05) is 0 Å². The number of hydrogen-bond acceptors (Lipinski definition) is 9.